The third-order valence-electron chi connectivity index (χ3n) is 7.18. The summed E-state index contributed by atoms with van der Waals surface area (Å²) in [6.45, 7) is 8.86. The summed E-state index contributed by atoms with van der Waals surface area (Å²) in [5, 5.41) is 17.6. The van der Waals surface area contributed by atoms with Crippen LogP contribution in [0.3, 0.4) is 0 Å². The number of nitrogens with zero attached hydrogens (tertiary/aromatic N) is 3. The lowest BCUT2D eigenvalue weighted by Gasteiger charge is -2.17. The fourth-order valence-electron chi connectivity index (χ4n) is 5.02. The van der Waals surface area contributed by atoms with Crippen LogP contribution in [0, 0.1) is 16.0 Å². The van der Waals surface area contributed by atoms with Gasteiger partial charge < -0.3 is 9.40 Å². The third-order valence-corrected chi connectivity index (χ3v) is 7.18. The van der Waals surface area contributed by atoms with Crippen LogP contribution in [0.4, 0.5) is 5.69 Å². The van der Waals surface area contributed by atoms with Gasteiger partial charge in [-0.05, 0) is 43.4 Å². The molecule has 0 spiro atoms. The second-order valence-electron chi connectivity index (χ2n) is 10.0. The van der Waals surface area contributed by atoms with Gasteiger partial charge in [-0.1, -0.05) is 76.9 Å². The Kier molecular flexibility index (Phi) is 10.7. The van der Waals surface area contributed by atoms with Gasteiger partial charge in [-0.2, -0.15) is 0 Å². The summed E-state index contributed by atoms with van der Waals surface area (Å²) in [4.78, 5) is 27.8. The molecule has 3 rings (SSSR count). The van der Waals surface area contributed by atoms with Crippen LogP contribution in [0.2, 0.25) is 0 Å². The number of fused-ring (bicyclic) bond motifs is 3. The molecule has 0 aliphatic carbocycles. The molecule has 0 saturated heterocycles. The number of rotatable bonds is 15. The number of aromatic nitrogens is 1. The zero-order chi connectivity index (χ0) is 26.8. The lowest BCUT2D eigenvalue weighted by molar-refractivity contribution is -0.384. The van der Waals surface area contributed by atoms with E-state index in [1.54, 1.807) is 12.1 Å². The molecular weight excluding hydrogens is 466 g/mol. The highest BCUT2D eigenvalue weighted by Gasteiger charge is 2.19. The summed E-state index contributed by atoms with van der Waals surface area (Å²) in [6.07, 6.45) is 10.9. The van der Waals surface area contributed by atoms with Gasteiger partial charge in [0, 0.05) is 53.0 Å². The standard InChI is InChI=1S/C30H41N3O4/c1-5-8-10-11-12-14-28(31-37-22(4)34)24-15-17-29-26(19-24)27-20-25(33(35)36)16-18-30(27)32(29)21-23(7-3)13-9-6-2/h15-20,23H,5-14,21H2,1-4H3. The van der Waals surface area contributed by atoms with E-state index in [4.69, 9.17) is 4.84 Å². The van der Waals surface area contributed by atoms with E-state index < -0.39 is 5.97 Å². The van der Waals surface area contributed by atoms with E-state index in [1.165, 1.54) is 39.0 Å². The molecule has 7 nitrogen and oxygen atoms in total. The molecule has 1 aromatic heterocycles. The van der Waals surface area contributed by atoms with Crippen molar-refractivity contribution in [2.24, 2.45) is 11.1 Å². The highest BCUT2D eigenvalue weighted by molar-refractivity contribution is 6.12. The monoisotopic (exact) mass is 507 g/mol. The van der Waals surface area contributed by atoms with Crippen molar-refractivity contribution in [3.63, 3.8) is 0 Å². The van der Waals surface area contributed by atoms with E-state index in [0.29, 0.717) is 12.3 Å². The molecule has 3 aromatic rings. The maximum Gasteiger partial charge on any atom is 0.331 e. The number of hydrogen-bond donors (Lipinski definition) is 0. The van der Waals surface area contributed by atoms with Gasteiger partial charge in [-0.25, -0.2) is 4.79 Å². The Labute approximate surface area is 220 Å². The van der Waals surface area contributed by atoms with E-state index in [9.17, 15) is 14.9 Å². The topological polar surface area (TPSA) is 86.7 Å². The predicted octanol–water partition coefficient (Wildman–Crippen LogP) is 8.55. The van der Waals surface area contributed by atoms with Gasteiger partial charge in [0.1, 0.15) is 0 Å². The van der Waals surface area contributed by atoms with Crippen molar-refractivity contribution in [3.8, 4) is 0 Å². The molecule has 0 aliphatic rings. The Balaban J connectivity index is 2.08. The second-order valence-corrected chi connectivity index (χ2v) is 10.0. The Morgan fingerprint density at radius 1 is 0.973 bits per heavy atom. The Bertz CT molecular complexity index is 1240. The summed E-state index contributed by atoms with van der Waals surface area (Å²) in [7, 11) is 0. The average Bonchev–Trinajstić information content (AvgIpc) is 3.19. The van der Waals surface area contributed by atoms with Gasteiger partial charge in [-0.15, -0.1) is 0 Å². The summed E-state index contributed by atoms with van der Waals surface area (Å²) >= 11 is 0. The number of carbonyl (C=O) groups excluding carboxylic acids is 1. The molecule has 1 unspecified atom stereocenters. The number of carbonyl (C=O) groups is 1. The van der Waals surface area contributed by atoms with E-state index in [-0.39, 0.29) is 10.6 Å². The molecule has 37 heavy (non-hydrogen) atoms. The van der Waals surface area contributed by atoms with Gasteiger partial charge in [0.2, 0.25) is 0 Å². The number of hydrogen-bond acceptors (Lipinski definition) is 5. The van der Waals surface area contributed by atoms with Crippen LogP contribution in [0.5, 0.6) is 0 Å². The number of non-ortho nitro benzene ring substituents is 1. The van der Waals surface area contributed by atoms with Crippen molar-refractivity contribution < 1.29 is 14.6 Å². The number of benzene rings is 2. The first-order valence-electron chi connectivity index (χ1n) is 13.8. The third kappa shape index (κ3) is 7.40. The van der Waals surface area contributed by atoms with Crippen molar-refractivity contribution in [1.29, 1.82) is 0 Å². The largest absolute Gasteiger partial charge is 0.340 e. The van der Waals surface area contributed by atoms with Crippen LogP contribution in [-0.2, 0) is 16.2 Å². The van der Waals surface area contributed by atoms with Gasteiger partial charge >= 0.3 is 5.97 Å². The quantitative estimate of drug-likeness (QED) is 0.0678. The van der Waals surface area contributed by atoms with Gasteiger partial charge in [0.05, 0.1) is 10.6 Å². The summed E-state index contributed by atoms with van der Waals surface area (Å²) in [6, 6.07) is 11.3. The van der Waals surface area contributed by atoms with Crippen LogP contribution < -0.4 is 0 Å². The average molecular weight is 508 g/mol. The minimum atomic E-state index is -0.450. The molecule has 0 saturated carbocycles. The molecule has 200 valence electrons. The van der Waals surface area contributed by atoms with Crippen LogP contribution >= 0.6 is 0 Å². The molecule has 1 heterocycles. The lowest BCUT2D eigenvalue weighted by atomic mass is 9.99. The molecule has 0 bridgehead atoms. The van der Waals surface area contributed by atoms with E-state index in [1.807, 2.05) is 12.1 Å². The van der Waals surface area contributed by atoms with Crippen molar-refractivity contribution in [2.45, 2.75) is 98.4 Å². The predicted molar refractivity (Wildman–Crippen MR) is 151 cm³/mol. The summed E-state index contributed by atoms with van der Waals surface area (Å²) in [5.74, 6) is 0.0901. The number of oxime groups is 1. The Morgan fingerprint density at radius 3 is 2.30 bits per heavy atom. The first-order valence-corrected chi connectivity index (χ1v) is 13.8. The van der Waals surface area contributed by atoms with Gasteiger partial charge in [0.25, 0.3) is 5.69 Å². The SMILES string of the molecule is CCCCCCCC(=NOC(C)=O)c1ccc2c(c1)c1cc([N+](=O)[O-])ccc1n2CC(CC)CCCC. The molecule has 0 amide bonds. The zero-order valence-electron chi connectivity index (χ0n) is 22.8. The number of nitro groups is 1. The first kappa shape index (κ1) is 28.4. The highest BCUT2D eigenvalue weighted by atomic mass is 16.7. The molecule has 0 aliphatic heterocycles. The first-order chi connectivity index (χ1) is 17.9. The van der Waals surface area contributed by atoms with Gasteiger partial charge in [-0.3, -0.25) is 10.1 Å². The Hall–Kier alpha value is -3.22. The normalized spacial score (nSPS) is 12.8. The molecule has 0 radical (unpaired) electrons. The minimum absolute atomic E-state index is 0.0831. The fourth-order valence-corrected chi connectivity index (χ4v) is 5.02. The summed E-state index contributed by atoms with van der Waals surface area (Å²) in [5.41, 5.74) is 3.76. The van der Waals surface area contributed by atoms with E-state index in [0.717, 1.165) is 65.3 Å². The number of unbranched alkanes of at least 4 members (excludes halogenated alkanes) is 5. The molecular formula is C30H41N3O4. The lowest BCUT2D eigenvalue weighted by Crippen LogP contribution is -2.10. The van der Waals surface area contributed by atoms with Crippen LogP contribution in [-0.4, -0.2) is 21.2 Å². The van der Waals surface area contributed by atoms with E-state index in [2.05, 4.69) is 42.6 Å². The molecule has 7 heteroatoms. The maximum atomic E-state index is 11.6. The van der Waals surface area contributed by atoms with Gasteiger partial charge in [0.15, 0.2) is 0 Å². The smallest absolute Gasteiger partial charge is 0.331 e. The Morgan fingerprint density at radius 2 is 1.65 bits per heavy atom. The highest BCUT2D eigenvalue weighted by Crippen LogP contribution is 2.34. The second kappa shape index (κ2) is 13.9. The van der Waals surface area contributed by atoms with Crippen molar-refractivity contribution in [2.75, 3.05) is 0 Å². The number of nitro benzene ring substituents is 1. The molecule has 2 aromatic carbocycles. The van der Waals surface area contributed by atoms with Crippen LogP contribution in [0.1, 0.15) is 97.5 Å². The van der Waals surface area contributed by atoms with Crippen LogP contribution in [0.15, 0.2) is 41.6 Å². The van der Waals surface area contributed by atoms with Crippen LogP contribution in [0.25, 0.3) is 21.8 Å². The maximum absolute atomic E-state index is 11.6. The minimum Gasteiger partial charge on any atom is -0.340 e. The molecule has 0 N–H and O–H groups in total. The van der Waals surface area contributed by atoms with E-state index >= 15 is 0 Å². The van der Waals surface area contributed by atoms with Crippen molar-refractivity contribution >= 4 is 39.2 Å². The summed E-state index contributed by atoms with van der Waals surface area (Å²) < 4.78 is 2.32. The van der Waals surface area contributed by atoms with Crippen molar-refractivity contribution in [1.82, 2.24) is 4.57 Å². The molecule has 1 atom stereocenters. The molecule has 0 fully saturated rings. The van der Waals surface area contributed by atoms with Crippen molar-refractivity contribution in [3.05, 3.63) is 52.1 Å². The zero-order valence-corrected chi connectivity index (χ0v) is 22.8. The fraction of sp³-hybridized carbons (Fsp3) is 0.533.